The minimum atomic E-state index is 0. The van der Waals surface area contributed by atoms with Crippen LogP contribution in [0.5, 0.6) is 0 Å². The molecule has 0 amide bonds. The van der Waals surface area contributed by atoms with Gasteiger partial charge in [-0.05, 0) is 0 Å². The monoisotopic (exact) mass is 3980 g/mol. The van der Waals surface area contributed by atoms with Crippen molar-refractivity contribution >= 4 is 248 Å². The molecular weight excluding hydrogens is 3960 g/mol. The quantitative estimate of drug-likeness (QED) is 0.213. The summed E-state index contributed by atoms with van der Waals surface area (Å²) in [5, 5.41) is 0. The molecule has 32 heteroatoms. The van der Waals surface area contributed by atoms with Gasteiger partial charge in [-0.3, -0.25) is 0 Å². The fraction of sp³-hybridized carbons (Fsp3) is 0. The van der Waals surface area contributed by atoms with E-state index in [1.165, 1.54) is 0 Å². The summed E-state index contributed by atoms with van der Waals surface area (Å²) >= 11 is 0. The summed E-state index contributed by atoms with van der Waals surface area (Å²) in [7, 11) is 0. The Bertz CT molecular complexity index is 146. The average Bonchev–Trinajstić information content (AvgIpc) is 0. The molecule has 0 rings (SSSR count). The van der Waals surface area contributed by atoms with Crippen molar-refractivity contribution in [1.82, 2.24) is 0 Å². The zero-order chi connectivity index (χ0) is 0. The van der Waals surface area contributed by atoms with Crippen molar-refractivity contribution < 1.29 is 769 Å². The Hall–Kier alpha value is 33.7. The van der Waals surface area contributed by atoms with E-state index in [4.69, 9.17) is 0 Å². The van der Waals surface area contributed by atoms with Crippen molar-refractivity contribution in [3.05, 3.63) is 0 Å². The topological polar surface area (TPSA) is 0 Å². The third kappa shape index (κ3) is 221. The van der Waals surface area contributed by atoms with Crippen LogP contribution in [0.1, 0.15) is 0 Å². The normalized spacial score (nSPS) is 0. The Morgan fingerprint density at radius 2 is 0.781 bits per heavy atom. The average molecular weight is 3970 g/mol. The predicted molar refractivity (Wildman–Crippen MR) is 60.0 cm³/mol. The Morgan fingerprint density at radius 3 is 0.781 bits per heavy atom. The van der Waals surface area contributed by atoms with Gasteiger partial charge in [-0.15, -0.1) is 0 Å². The Kier molecular flexibility index (Phi) is 1750. The second-order valence-electron chi connectivity index (χ2n) is 0. The first-order chi connectivity index (χ1) is 0. The van der Waals surface area contributed by atoms with Crippen molar-refractivity contribution in [2.45, 2.75) is 0 Å². The molecule has 0 aliphatic rings. The van der Waals surface area contributed by atoms with Crippen LogP contribution in [0.25, 0.3) is 0 Å². The van der Waals surface area contributed by atoms with Gasteiger partial charge in [0.25, 0.3) is 0 Å². The Balaban J connectivity index is 0. The molecule has 228 valence electrons. The number of rotatable bonds is 0. The van der Waals surface area contributed by atoms with Crippen molar-refractivity contribution in [2.75, 3.05) is 0 Å². The van der Waals surface area contributed by atoms with Gasteiger partial charge in [-0.25, -0.2) is 0 Å². The van der Waals surface area contributed by atoms with E-state index in [-0.39, 0.29) is 1020 Å². The van der Waals surface area contributed by atoms with Gasteiger partial charge in [0.1, 0.15) is 0 Å². The van der Waals surface area contributed by atoms with Gasteiger partial charge in [0, 0.05) is 814 Å². The van der Waals surface area contributed by atoms with E-state index >= 15 is 0 Å². The first-order valence-electron chi connectivity index (χ1n) is 0. The molecule has 0 spiro atoms. The third-order valence-electron chi connectivity index (χ3n) is 0. The molecule has 0 aliphatic heterocycles. The summed E-state index contributed by atoms with van der Waals surface area (Å²) in [5.74, 6) is 0. The number of hydrogen-bond donors (Lipinski definition) is 0. The molecule has 0 aromatic carbocycles. The molecule has 0 fully saturated rings. The molecule has 0 saturated heterocycles. The SMILES string of the molecule is [Al].[BaH2].[CaH2].[Cd].[Dy].[Er].[Er].[Fe].[Hf].[Ho].[Ho].[La].[La].[LiH].[Lu].[Lu].[MgH2].[Mo].[NaH].[Nb].[Pb].[Rh].[SrH2].[Ta].[Tm].[Tm].[W].[Y].[Y].[Yb].[Yb].[Zr]. The Morgan fingerprint density at radius 1 is 0.781 bits per heavy atom. The van der Waals surface area contributed by atoms with Crippen LogP contribution in [0.15, 0.2) is 0 Å². The maximum Gasteiger partial charge on any atom is 0 e. The molecule has 0 saturated carbocycles. The van der Waals surface area contributed by atoms with E-state index < -0.39 is 0 Å². The second-order valence-corrected chi connectivity index (χ2v) is 0. The van der Waals surface area contributed by atoms with Crippen LogP contribution in [0.4, 0.5) is 0 Å². The molecule has 0 aromatic heterocycles. The van der Waals surface area contributed by atoms with Crippen LogP contribution in [0, 0.1) is 501 Å². The van der Waals surface area contributed by atoms with Crippen molar-refractivity contribution in [2.24, 2.45) is 0 Å². The van der Waals surface area contributed by atoms with Crippen LogP contribution >= 0.6 is 0 Å². The van der Waals surface area contributed by atoms with Crippen molar-refractivity contribution in [3.63, 3.8) is 0 Å². The smallest absolute Gasteiger partial charge is 0 e. The van der Waals surface area contributed by atoms with E-state index in [0.29, 0.717) is 0 Å². The van der Waals surface area contributed by atoms with Gasteiger partial charge < -0.3 is 0 Å². The van der Waals surface area contributed by atoms with Crippen LogP contribution in [-0.4, -0.2) is 248 Å². The zero-order valence-corrected chi connectivity index (χ0v) is 71.7. The summed E-state index contributed by atoms with van der Waals surface area (Å²) in [5.41, 5.74) is 0. The van der Waals surface area contributed by atoms with Crippen molar-refractivity contribution in [1.29, 1.82) is 0 Å². The maximum atomic E-state index is 0. The minimum absolute atomic E-state index is 0. The van der Waals surface area contributed by atoms with Crippen LogP contribution in [0.2, 0.25) is 0 Å². The summed E-state index contributed by atoms with van der Waals surface area (Å²) in [6, 6.07) is 0. The fourth-order valence-electron chi connectivity index (χ4n) is 0. The van der Waals surface area contributed by atoms with E-state index in [2.05, 4.69) is 0 Å². The summed E-state index contributed by atoms with van der Waals surface area (Å²) in [6.07, 6.45) is 0. The molecule has 0 atom stereocenters. The van der Waals surface area contributed by atoms with Crippen molar-refractivity contribution in [3.8, 4) is 0 Å². The number of hydrogen-bond acceptors (Lipinski definition) is 0. The van der Waals surface area contributed by atoms with Crippen LogP contribution < -0.4 is 0 Å². The maximum absolute atomic E-state index is 0. The van der Waals surface area contributed by atoms with E-state index in [1.807, 2.05) is 0 Å². The van der Waals surface area contributed by atoms with E-state index in [1.54, 1.807) is 0 Å². The molecule has 0 aromatic rings. The third-order valence-corrected chi connectivity index (χ3v) is 0. The summed E-state index contributed by atoms with van der Waals surface area (Å²) in [4.78, 5) is 0. The fourth-order valence-corrected chi connectivity index (χ4v) is 0. The first-order valence-corrected chi connectivity index (χ1v) is 0. The second kappa shape index (κ2) is 231. The Labute approximate surface area is 977 Å². The molecule has 0 nitrogen and oxygen atoms in total. The predicted octanol–water partition coefficient (Wildman–Crippen LogP) is -5.75. The van der Waals surface area contributed by atoms with Crippen LogP contribution in [-0.2, 0) is 268 Å². The molecule has 0 aliphatic carbocycles. The molecular formula is H10AlBaCaCdDyEr2FeHfHo2La2LiLu2MgMoNaNbPbRhSrTaTm2WY2Yb2Zr. The summed E-state index contributed by atoms with van der Waals surface area (Å²) in [6.45, 7) is 0. The van der Waals surface area contributed by atoms with Crippen LogP contribution in [0.3, 0.4) is 0 Å². The van der Waals surface area contributed by atoms with Gasteiger partial charge in [0.05, 0.1) is 0 Å². The van der Waals surface area contributed by atoms with Gasteiger partial charge in [0.2, 0.25) is 0 Å². The van der Waals surface area contributed by atoms with E-state index in [0.717, 1.165) is 0 Å². The molecule has 0 N–H and O–H groups in total. The molecule has 0 heterocycles. The van der Waals surface area contributed by atoms with Gasteiger partial charge in [-0.2, -0.15) is 0 Å². The van der Waals surface area contributed by atoms with Gasteiger partial charge in [0.15, 0.2) is 0 Å². The minimum Gasteiger partial charge on any atom is 0 e. The standard InChI is InChI=1S/Al.Ba.Ca.Cd.Dy.2Er.Fe.Hf.2Ho.2La.Li.2Lu.Mg.Mo.Na.Nb.Pb.Rh.Sr.Ta.2Tm.W.2Y.2Yb.Zr.10H. The molecule has 32 heavy (non-hydrogen) atoms. The largest absolute Gasteiger partial charge is 0 e. The van der Waals surface area contributed by atoms with E-state index in [9.17, 15) is 0 Å². The molecule has 0 bridgehead atoms. The summed E-state index contributed by atoms with van der Waals surface area (Å²) < 4.78 is 0. The molecule has 20 radical (unpaired) electrons. The van der Waals surface area contributed by atoms with Gasteiger partial charge >= 0.3 is 204 Å². The first kappa shape index (κ1) is 242. The molecule has 0 unspecified atom stereocenters. The van der Waals surface area contributed by atoms with Gasteiger partial charge in [-0.1, -0.05) is 0 Å². The zero-order valence-electron chi connectivity index (χ0n) is 10.6.